The molecule has 0 bridgehead atoms. The van der Waals surface area contributed by atoms with Gasteiger partial charge in [0.2, 0.25) is 0 Å². The zero-order chi connectivity index (χ0) is 13.1. The standard InChI is InChI=1S/C14H21NO2S/c1-9-6-12(10(2)18-9)8-15-13-5-3-4-11(7-13)14(16)17/h6,11,13,15H,3-5,7-8H2,1-2H3,(H,16,17). The summed E-state index contributed by atoms with van der Waals surface area (Å²) in [4.78, 5) is 13.7. The van der Waals surface area contributed by atoms with Crippen molar-refractivity contribution in [3.63, 3.8) is 0 Å². The van der Waals surface area contributed by atoms with Crippen LogP contribution in [0.2, 0.25) is 0 Å². The second-order valence-electron chi connectivity index (χ2n) is 5.22. The Labute approximate surface area is 112 Å². The minimum Gasteiger partial charge on any atom is -0.481 e. The third-order valence-corrected chi connectivity index (χ3v) is 4.76. The van der Waals surface area contributed by atoms with E-state index in [1.165, 1.54) is 15.3 Å². The van der Waals surface area contributed by atoms with Crippen molar-refractivity contribution < 1.29 is 9.90 Å². The van der Waals surface area contributed by atoms with Gasteiger partial charge in [-0.05, 0) is 44.7 Å². The van der Waals surface area contributed by atoms with Gasteiger partial charge in [0.25, 0.3) is 0 Å². The lowest BCUT2D eigenvalue weighted by Crippen LogP contribution is -2.36. The Kier molecular flexibility index (Phi) is 4.40. The first-order valence-corrected chi connectivity index (χ1v) is 7.40. The van der Waals surface area contributed by atoms with E-state index in [2.05, 4.69) is 25.2 Å². The Morgan fingerprint density at radius 2 is 2.28 bits per heavy atom. The number of carboxylic acid groups (broad SMARTS) is 1. The first-order chi connectivity index (χ1) is 8.56. The van der Waals surface area contributed by atoms with Gasteiger partial charge in [-0.25, -0.2) is 0 Å². The number of hydrogen-bond donors (Lipinski definition) is 2. The van der Waals surface area contributed by atoms with Crippen molar-refractivity contribution in [2.24, 2.45) is 5.92 Å². The number of thiophene rings is 1. The first-order valence-electron chi connectivity index (χ1n) is 6.58. The van der Waals surface area contributed by atoms with Gasteiger partial charge in [-0.1, -0.05) is 6.42 Å². The average molecular weight is 267 g/mol. The highest BCUT2D eigenvalue weighted by atomic mass is 32.1. The van der Waals surface area contributed by atoms with Crippen LogP contribution >= 0.6 is 11.3 Å². The molecular formula is C14H21NO2S. The van der Waals surface area contributed by atoms with Crippen LogP contribution in [-0.2, 0) is 11.3 Å². The minimum atomic E-state index is -0.635. The number of carboxylic acids is 1. The molecule has 4 heteroatoms. The fourth-order valence-corrected chi connectivity index (χ4v) is 3.66. The van der Waals surface area contributed by atoms with Crippen molar-refractivity contribution in [1.82, 2.24) is 5.32 Å². The predicted octanol–water partition coefficient (Wildman–Crippen LogP) is 3.10. The molecule has 2 atom stereocenters. The van der Waals surface area contributed by atoms with Crippen LogP contribution in [0.25, 0.3) is 0 Å². The Morgan fingerprint density at radius 3 is 2.89 bits per heavy atom. The van der Waals surface area contributed by atoms with Crippen molar-refractivity contribution in [3.8, 4) is 0 Å². The molecular weight excluding hydrogens is 246 g/mol. The molecule has 1 saturated carbocycles. The Bertz CT molecular complexity index is 427. The lowest BCUT2D eigenvalue weighted by molar-refractivity contribution is -0.143. The zero-order valence-corrected chi connectivity index (χ0v) is 11.8. The minimum absolute atomic E-state index is 0.151. The van der Waals surface area contributed by atoms with E-state index in [1.807, 2.05) is 11.3 Å². The van der Waals surface area contributed by atoms with Crippen LogP contribution in [-0.4, -0.2) is 17.1 Å². The number of aryl methyl sites for hydroxylation is 2. The van der Waals surface area contributed by atoms with Crippen LogP contribution in [0.3, 0.4) is 0 Å². The SMILES string of the molecule is Cc1cc(CNC2CCCC(C(=O)O)C2)c(C)s1. The molecule has 2 rings (SSSR count). The van der Waals surface area contributed by atoms with Crippen molar-refractivity contribution in [2.75, 3.05) is 0 Å². The van der Waals surface area contributed by atoms with Gasteiger partial charge in [-0.3, -0.25) is 4.79 Å². The zero-order valence-electron chi connectivity index (χ0n) is 11.0. The summed E-state index contributed by atoms with van der Waals surface area (Å²) < 4.78 is 0. The van der Waals surface area contributed by atoms with Crippen LogP contribution in [0.15, 0.2) is 6.07 Å². The average Bonchev–Trinajstić information content (AvgIpc) is 2.65. The number of rotatable bonds is 4. The van der Waals surface area contributed by atoms with E-state index < -0.39 is 5.97 Å². The second-order valence-corrected chi connectivity index (χ2v) is 6.68. The summed E-state index contributed by atoms with van der Waals surface area (Å²) in [6, 6.07) is 2.59. The summed E-state index contributed by atoms with van der Waals surface area (Å²) in [5, 5.41) is 12.6. The highest BCUT2D eigenvalue weighted by molar-refractivity contribution is 7.12. The highest BCUT2D eigenvalue weighted by Crippen LogP contribution is 2.25. The number of nitrogens with one attached hydrogen (secondary N) is 1. The van der Waals surface area contributed by atoms with Gasteiger partial charge in [0.1, 0.15) is 0 Å². The summed E-state index contributed by atoms with van der Waals surface area (Å²) in [5.74, 6) is -0.786. The molecule has 2 unspecified atom stereocenters. The van der Waals surface area contributed by atoms with Crippen LogP contribution in [0, 0.1) is 19.8 Å². The third kappa shape index (κ3) is 3.33. The molecule has 0 radical (unpaired) electrons. The van der Waals surface area contributed by atoms with Gasteiger partial charge in [-0.2, -0.15) is 0 Å². The molecule has 100 valence electrons. The topological polar surface area (TPSA) is 49.3 Å². The molecule has 0 spiro atoms. The van der Waals surface area contributed by atoms with E-state index in [9.17, 15) is 4.79 Å². The van der Waals surface area contributed by atoms with Crippen molar-refractivity contribution in [3.05, 3.63) is 21.4 Å². The fourth-order valence-electron chi connectivity index (χ4n) is 2.71. The maximum Gasteiger partial charge on any atom is 0.306 e. The van der Waals surface area contributed by atoms with Gasteiger partial charge < -0.3 is 10.4 Å². The highest BCUT2D eigenvalue weighted by Gasteiger charge is 2.26. The summed E-state index contributed by atoms with van der Waals surface area (Å²) >= 11 is 1.83. The van der Waals surface area contributed by atoms with Gasteiger partial charge in [-0.15, -0.1) is 11.3 Å². The van der Waals surface area contributed by atoms with E-state index in [-0.39, 0.29) is 5.92 Å². The molecule has 3 nitrogen and oxygen atoms in total. The smallest absolute Gasteiger partial charge is 0.306 e. The third-order valence-electron chi connectivity index (χ3n) is 3.75. The lowest BCUT2D eigenvalue weighted by atomic mass is 9.86. The number of hydrogen-bond acceptors (Lipinski definition) is 3. The van der Waals surface area contributed by atoms with Crippen LogP contribution in [0.1, 0.15) is 41.0 Å². The van der Waals surface area contributed by atoms with Crippen LogP contribution in [0.4, 0.5) is 0 Å². The van der Waals surface area contributed by atoms with Gasteiger partial charge in [0.15, 0.2) is 0 Å². The maximum atomic E-state index is 11.0. The predicted molar refractivity (Wildman–Crippen MR) is 74.0 cm³/mol. The fraction of sp³-hybridized carbons (Fsp3) is 0.643. The molecule has 1 aromatic heterocycles. The molecule has 0 aliphatic heterocycles. The summed E-state index contributed by atoms with van der Waals surface area (Å²) in [5.41, 5.74) is 1.36. The molecule has 18 heavy (non-hydrogen) atoms. The molecule has 1 aromatic rings. The molecule has 0 amide bonds. The Hall–Kier alpha value is -0.870. The van der Waals surface area contributed by atoms with E-state index in [0.29, 0.717) is 6.04 Å². The van der Waals surface area contributed by atoms with Crippen molar-refractivity contribution >= 4 is 17.3 Å². The van der Waals surface area contributed by atoms with Crippen LogP contribution in [0.5, 0.6) is 0 Å². The number of carbonyl (C=O) groups is 1. The molecule has 1 aliphatic rings. The van der Waals surface area contributed by atoms with Crippen molar-refractivity contribution in [2.45, 2.75) is 52.1 Å². The summed E-state index contributed by atoms with van der Waals surface area (Å²) in [6.45, 7) is 5.14. The summed E-state index contributed by atoms with van der Waals surface area (Å²) in [7, 11) is 0. The van der Waals surface area contributed by atoms with Crippen LogP contribution < -0.4 is 5.32 Å². The maximum absolute atomic E-state index is 11.0. The van der Waals surface area contributed by atoms with Gasteiger partial charge in [0, 0.05) is 22.3 Å². The van der Waals surface area contributed by atoms with Gasteiger partial charge in [0.05, 0.1) is 5.92 Å². The van der Waals surface area contributed by atoms with Gasteiger partial charge >= 0.3 is 5.97 Å². The van der Waals surface area contributed by atoms with Crippen molar-refractivity contribution in [1.29, 1.82) is 0 Å². The second kappa shape index (κ2) is 5.85. The van der Waals surface area contributed by atoms with E-state index in [0.717, 1.165) is 32.2 Å². The molecule has 2 N–H and O–H groups in total. The van der Waals surface area contributed by atoms with E-state index in [4.69, 9.17) is 5.11 Å². The molecule has 1 heterocycles. The quantitative estimate of drug-likeness (QED) is 0.881. The molecule has 0 saturated heterocycles. The number of aliphatic carboxylic acids is 1. The lowest BCUT2D eigenvalue weighted by Gasteiger charge is -2.27. The summed E-state index contributed by atoms with van der Waals surface area (Å²) in [6.07, 6.45) is 3.74. The Morgan fingerprint density at radius 1 is 1.50 bits per heavy atom. The first kappa shape index (κ1) is 13.6. The molecule has 1 fully saturated rings. The molecule has 0 aromatic carbocycles. The van der Waals surface area contributed by atoms with E-state index in [1.54, 1.807) is 0 Å². The Balaban J connectivity index is 1.86. The monoisotopic (exact) mass is 267 g/mol. The largest absolute Gasteiger partial charge is 0.481 e. The molecule has 1 aliphatic carbocycles. The normalized spacial score (nSPS) is 24.1. The van der Waals surface area contributed by atoms with E-state index >= 15 is 0 Å².